The molecule has 1 aromatic carbocycles. The first-order chi connectivity index (χ1) is 23.3. The number of hydrogen-bond donors (Lipinski definition) is 3. The molecule has 1 aromatic heterocycles. The predicted octanol–water partition coefficient (Wildman–Crippen LogP) is 4.05. The number of nitriles is 1. The second-order valence-electron chi connectivity index (χ2n) is 12.9. The number of aromatic nitrogens is 1. The molecule has 3 N–H and O–H groups in total. The summed E-state index contributed by atoms with van der Waals surface area (Å²) in [4.78, 5) is 60.0. The van der Waals surface area contributed by atoms with E-state index in [9.17, 15) is 19.2 Å². The highest BCUT2D eigenvalue weighted by Crippen LogP contribution is 2.32. The van der Waals surface area contributed by atoms with Crippen LogP contribution in [0.2, 0.25) is 0 Å². The molecule has 4 rings (SSSR count). The summed E-state index contributed by atoms with van der Waals surface area (Å²) in [5.41, 5.74) is -0.773. The molecule has 3 atom stereocenters. The minimum absolute atomic E-state index is 0.154. The summed E-state index contributed by atoms with van der Waals surface area (Å²) < 4.78 is 46.2. The van der Waals surface area contributed by atoms with Crippen LogP contribution >= 0.6 is 0 Å². The summed E-state index contributed by atoms with van der Waals surface area (Å²) in [6, 6.07) is 4.26. The van der Waals surface area contributed by atoms with E-state index in [4.69, 9.17) is 5.26 Å². The van der Waals surface area contributed by atoms with Crippen LogP contribution in [0.3, 0.4) is 0 Å². The number of nitrogens with zero attached hydrogens (tertiary/aromatic N) is 4. The molecule has 2 fully saturated rings. The Bertz CT molecular complexity index is 1550. The van der Waals surface area contributed by atoms with Gasteiger partial charge in [-0.25, -0.2) is 4.39 Å². The monoisotopic (exact) mass is 683 g/mol. The lowest BCUT2D eigenvalue weighted by Gasteiger charge is -2.36. The third-order valence-corrected chi connectivity index (χ3v) is 9.45. The molecule has 1 aliphatic heterocycles. The molecule has 0 unspecified atom stereocenters. The highest BCUT2D eigenvalue weighted by Gasteiger charge is 2.44. The summed E-state index contributed by atoms with van der Waals surface area (Å²) in [7, 11) is 1.96. The van der Waals surface area contributed by atoms with Gasteiger partial charge in [0, 0.05) is 50.9 Å². The third kappa shape index (κ3) is 9.35. The van der Waals surface area contributed by atoms with Crippen LogP contribution in [0.5, 0.6) is 0 Å². The van der Waals surface area contributed by atoms with Gasteiger partial charge >= 0.3 is 5.92 Å². The summed E-state index contributed by atoms with van der Waals surface area (Å²) in [6.07, 6.45) is 6.30. The minimum Gasteiger partial charge on any atom is -0.344 e. The Morgan fingerprint density at radius 2 is 1.69 bits per heavy atom. The molecule has 2 aliphatic rings. The van der Waals surface area contributed by atoms with Gasteiger partial charge in [-0.15, -0.1) is 0 Å². The normalized spacial score (nSPS) is 17.9. The molecular weight excluding hydrogens is 639 g/mol. The van der Waals surface area contributed by atoms with E-state index in [0.717, 1.165) is 44.1 Å². The number of rotatable bonds is 11. The van der Waals surface area contributed by atoms with Crippen LogP contribution in [0.25, 0.3) is 0 Å². The van der Waals surface area contributed by atoms with Gasteiger partial charge in [-0.3, -0.25) is 24.2 Å². The maximum absolute atomic E-state index is 15.6. The first kappa shape index (κ1) is 37.3. The molecule has 11 nitrogen and oxygen atoms in total. The first-order valence-electron chi connectivity index (χ1n) is 16.8. The standard InChI is InChI=1S/C35H44F3N7O4/c1-4-29(46)42-30(33(48)45-15-13-44(3)14-16-45)22(2)25-11-12-28(27(36)18-25)41-32(47)31(24-9-7-5-6-8-10-24)43-34(49)35(37,38)26-17-23(19-39)20-40-21-26/h11-12,17-18,20-22,24,30-31H,4-10,13-16H2,1-3H3,(H,41,47)(H,42,46)(H,43,49)/t22-,30+,31-/m0/s1. The van der Waals surface area contributed by atoms with Crippen molar-refractivity contribution in [2.75, 3.05) is 38.5 Å². The van der Waals surface area contributed by atoms with Gasteiger partial charge in [-0.2, -0.15) is 14.0 Å². The number of nitrogens with one attached hydrogen (secondary N) is 3. The minimum atomic E-state index is -4.10. The van der Waals surface area contributed by atoms with E-state index in [-0.39, 0.29) is 29.5 Å². The van der Waals surface area contributed by atoms with Crippen LogP contribution in [0, 0.1) is 23.1 Å². The quantitative estimate of drug-likeness (QED) is 0.303. The van der Waals surface area contributed by atoms with E-state index in [2.05, 4.69) is 25.8 Å². The SMILES string of the molecule is CCC(=O)N[C@@H](C(=O)N1CCN(C)CC1)[C@@H](C)c1ccc(NC(=O)[C@@H](NC(=O)C(F)(F)c2cncc(C#N)c2)C2CCCCCC2)c(F)c1. The van der Waals surface area contributed by atoms with Gasteiger partial charge in [0.15, 0.2) is 0 Å². The maximum Gasteiger partial charge on any atom is 0.351 e. The number of alkyl halides is 2. The summed E-state index contributed by atoms with van der Waals surface area (Å²) in [6.45, 7) is 5.73. The van der Waals surface area contributed by atoms with E-state index in [1.165, 1.54) is 18.2 Å². The lowest BCUT2D eigenvalue weighted by molar-refractivity contribution is -0.149. The fraction of sp³-hybridized carbons (Fsp3) is 0.543. The molecule has 0 radical (unpaired) electrons. The predicted molar refractivity (Wildman–Crippen MR) is 176 cm³/mol. The van der Waals surface area contributed by atoms with E-state index in [0.29, 0.717) is 44.6 Å². The number of anilines is 1. The number of amides is 4. The zero-order chi connectivity index (χ0) is 35.7. The van der Waals surface area contributed by atoms with Gasteiger partial charge in [-0.05, 0) is 49.6 Å². The molecule has 14 heteroatoms. The Morgan fingerprint density at radius 3 is 2.31 bits per heavy atom. The number of carbonyl (C=O) groups excluding carboxylic acids is 4. The van der Waals surface area contributed by atoms with Crippen molar-refractivity contribution in [2.24, 2.45) is 5.92 Å². The van der Waals surface area contributed by atoms with E-state index in [1.54, 1.807) is 24.8 Å². The van der Waals surface area contributed by atoms with Gasteiger partial charge in [0.05, 0.1) is 16.8 Å². The molecule has 2 aromatic rings. The van der Waals surface area contributed by atoms with E-state index >= 15 is 13.2 Å². The molecule has 49 heavy (non-hydrogen) atoms. The van der Waals surface area contributed by atoms with Crippen LogP contribution in [0.15, 0.2) is 36.7 Å². The van der Waals surface area contributed by atoms with Crippen LogP contribution < -0.4 is 16.0 Å². The topological polar surface area (TPSA) is 148 Å². The average Bonchev–Trinajstić information content (AvgIpc) is 3.39. The van der Waals surface area contributed by atoms with Gasteiger partial charge in [0.1, 0.15) is 24.0 Å². The maximum atomic E-state index is 15.6. The Kier molecular flexibility index (Phi) is 12.7. The molecule has 2 heterocycles. The van der Waals surface area contributed by atoms with Crippen molar-refractivity contribution >= 4 is 29.3 Å². The zero-order valence-electron chi connectivity index (χ0n) is 28.1. The van der Waals surface area contributed by atoms with Crippen LogP contribution in [0.1, 0.15) is 81.4 Å². The largest absolute Gasteiger partial charge is 0.351 e. The van der Waals surface area contributed by atoms with Crippen molar-refractivity contribution < 1.29 is 32.3 Å². The molecule has 0 bridgehead atoms. The van der Waals surface area contributed by atoms with Crippen molar-refractivity contribution in [3.8, 4) is 6.07 Å². The van der Waals surface area contributed by atoms with Crippen molar-refractivity contribution in [2.45, 2.75) is 82.7 Å². The van der Waals surface area contributed by atoms with E-state index in [1.807, 2.05) is 7.05 Å². The number of halogens is 3. The van der Waals surface area contributed by atoms with Crippen LogP contribution in [-0.2, 0) is 25.1 Å². The molecule has 1 aliphatic carbocycles. The first-order valence-corrected chi connectivity index (χ1v) is 16.8. The van der Waals surface area contributed by atoms with Crippen molar-refractivity contribution in [1.82, 2.24) is 25.4 Å². The average molecular weight is 684 g/mol. The fourth-order valence-corrected chi connectivity index (χ4v) is 6.30. The van der Waals surface area contributed by atoms with Crippen molar-refractivity contribution in [3.05, 3.63) is 59.2 Å². The molecule has 1 saturated heterocycles. The Morgan fingerprint density at radius 1 is 1.02 bits per heavy atom. The van der Waals surface area contributed by atoms with Crippen molar-refractivity contribution in [3.63, 3.8) is 0 Å². The van der Waals surface area contributed by atoms with Gasteiger partial charge in [0.2, 0.25) is 17.7 Å². The molecule has 264 valence electrons. The highest BCUT2D eigenvalue weighted by atomic mass is 19.3. The second-order valence-corrected chi connectivity index (χ2v) is 12.9. The fourth-order valence-electron chi connectivity index (χ4n) is 6.30. The molecule has 4 amide bonds. The second kappa shape index (κ2) is 16.7. The van der Waals surface area contributed by atoms with Crippen LogP contribution in [-0.4, -0.2) is 83.7 Å². The summed E-state index contributed by atoms with van der Waals surface area (Å²) in [5.74, 6) is -9.21. The number of hydrogen-bond acceptors (Lipinski definition) is 7. The van der Waals surface area contributed by atoms with Crippen LogP contribution in [0.4, 0.5) is 18.9 Å². The Balaban J connectivity index is 1.55. The molecule has 1 saturated carbocycles. The summed E-state index contributed by atoms with van der Waals surface area (Å²) >= 11 is 0. The molecule has 0 spiro atoms. The Hall–Kier alpha value is -4.51. The third-order valence-electron chi connectivity index (χ3n) is 9.45. The lowest BCUT2D eigenvalue weighted by atomic mass is 9.90. The van der Waals surface area contributed by atoms with Gasteiger partial charge < -0.3 is 25.8 Å². The number of likely N-dealkylation sites (N-methyl/N-ethyl adjacent to an activating group) is 1. The smallest absolute Gasteiger partial charge is 0.344 e. The number of pyridine rings is 1. The zero-order valence-corrected chi connectivity index (χ0v) is 28.1. The highest BCUT2D eigenvalue weighted by molar-refractivity contribution is 5.98. The number of carbonyl (C=O) groups is 4. The molecular formula is C35H44F3N7O4. The number of benzene rings is 1. The van der Waals surface area contributed by atoms with Gasteiger partial charge in [-0.1, -0.05) is 45.6 Å². The number of piperazine rings is 1. The summed E-state index contributed by atoms with van der Waals surface area (Å²) in [5, 5.41) is 16.6. The van der Waals surface area contributed by atoms with E-state index < -0.39 is 53.0 Å². The van der Waals surface area contributed by atoms with Crippen molar-refractivity contribution in [1.29, 1.82) is 5.26 Å². The lowest BCUT2D eigenvalue weighted by Crippen LogP contribution is -2.55. The Labute approximate surface area is 284 Å². The van der Waals surface area contributed by atoms with Gasteiger partial charge in [0.25, 0.3) is 5.91 Å².